The van der Waals surface area contributed by atoms with Crippen molar-refractivity contribution >= 4 is 0 Å². The molecule has 0 saturated heterocycles. The second-order valence-corrected chi connectivity index (χ2v) is 6.12. The second-order valence-electron chi connectivity index (χ2n) is 6.12. The molecule has 2 aromatic carbocycles. The fourth-order valence-corrected chi connectivity index (χ4v) is 3.22. The molecule has 0 aromatic heterocycles. The van der Waals surface area contributed by atoms with Crippen LogP contribution in [0.15, 0.2) is 24.3 Å². The van der Waals surface area contributed by atoms with E-state index in [4.69, 9.17) is 28.4 Å². The van der Waals surface area contributed by atoms with Crippen LogP contribution in [0.5, 0.6) is 23.0 Å². The van der Waals surface area contributed by atoms with Crippen LogP contribution in [0.2, 0.25) is 0 Å². The molecule has 0 aliphatic carbocycles. The van der Waals surface area contributed by atoms with Crippen LogP contribution in [0.1, 0.15) is 34.6 Å². The third-order valence-electron chi connectivity index (χ3n) is 4.57. The van der Waals surface area contributed by atoms with Gasteiger partial charge in [-0.3, -0.25) is 0 Å². The number of ether oxygens (including phenoxy) is 6. The first-order chi connectivity index (χ1) is 13.4. The molecular weight excluding hydrogens is 364 g/mol. The van der Waals surface area contributed by atoms with Crippen molar-refractivity contribution in [3.8, 4) is 23.0 Å². The SMILES string of the molecule is COc1cc(C(OC)OC)c(C(O)c2cc(C)c(OC)c(OC)c2)cc1OC. The molecule has 28 heavy (non-hydrogen) atoms. The van der Waals surface area contributed by atoms with Gasteiger partial charge in [0.25, 0.3) is 0 Å². The summed E-state index contributed by atoms with van der Waals surface area (Å²) < 4.78 is 32.4. The number of rotatable bonds is 9. The predicted molar refractivity (Wildman–Crippen MR) is 105 cm³/mol. The van der Waals surface area contributed by atoms with Gasteiger partial charge in [-0.25, -0.2) is 0 Å². The Labute approximate surface area is 165 Å². The maximum Gasteiger partial charge on any atom is 0.183 e. The van der Waals surface area contributed by atoms with Gasteiger partial charge in [0.2, 0.25) is 0 Å². The highest BCUT2D eigenvalue weighted by Gasteiger charge is 2.25. The summed E-state index contributed by atoms with van der Waals surface area (Å²) in [5, 5.41) is 11.2. The maximum absolute atomic E-state index is 11.2. The lowest BCUT2D eigenvalue weighted by atomic mass is 9.94. The van der Waals surface area contributed by atoms with Gasteiger partial charge >= 0.3 is 0 Å². The summed E-state index contributed by atoms with van der Waals surface area (Å²) >= 11 is 0. The summed E-state index contributed by atoms with van der Waals surface area (Å²) in [5.41, 5.74) is 2.67. The summed E-state index contributed by atoms with van der Waals surface area (Å²) in [6.45, 7) is 1.89. The summed E-state index contributed by atoms with van der Waals surface area (Å²) in [7, 11) is 9.28. The van der Waals surface area contributed by atoms with Gasteiger partial charge < -0.3 is 33.5 Å². The first-order valence-electron chi connectivity index (χ1n) is 8.67. The fourth-order valence-electron chi connectivity index (χ4n) is 3.22. The number of aryl methyl sites for hydroxylation is 1. The average molecular weight is 392 g/mol. The molecule has 1 N–H and O–H groups in total. The van der Waals surface area contributed by atoms with Crippen molar-refractivity contribution in [2.24, 2.45) is 0 Å². The standard InChI is InChI=1S/C21H28O7/c1-12-8-13(9-18(25-4)20(12)26-5)19(22)14-10-16(23-2)17(24-3)11-15(14)21(27-6)28-7/h8-11,19,21-22H,1-7H3. The molecule has 0 bridgehead atoms. The molecule has 0 fully saturated rings. The van der Waals surface area contributed by atoms with E-state index in [2.05, 4.69) is 0 Å². The van der Waals surface area contributed by atoms with Crippen LogP contribution < -0.4 is 18.9 Å². The van der Waals surface area contributed by atoms with E-state index in [-0.39, 0.29) is 0 Å². The highest BCUT2D eigenvalue weighted by atomic mass is 16.7. The van der Waals surface area contributed by atoms with E-state index in [0.717, 1.165) is 5.56 Å². The molecule has 0 heterocycles. The van der Waals surface area contributed by atoms with Gasteiger partial charge in [-0.1, -0.05) is 0 Å². The smallest absolute Gasteiger partial charge is 0.183 e. The number of methoxy groups -OCH3 is 6. The Bertz CT molecular complexity index is 800. The Morgan fingerprint density at radius 1 is 0.679 bits per heavy atom. The van der Waals surface area contributed by atoms with Gasteiger partial charge in [-0.15, -0.1) is 0 Å². The van der Waals surface area contributed by atoms with E-state index >= 15 is 0 Å². The van der Waals surface area contributed by atoms with Crippen LogP contribution in [0.3, 0.4) is 0 Å². The van der Waals surface area contributed by atoms with Gasteiger partial charge in [-0.05, 0) is 47.9 Å². The largest absolute Gasteiger partial charge is 0.493 e. The first kappa shape index (κ1) is 21.8. The molecule has 0 spiro atoms. The predicted octanol–water partition coefficient (Wildman–Crippen LogP) is 3.40. The van der Waals surface area contributed by atoms with Crippen molar-refractivity contribution in [2.45, 2.75) is 19.3 Å². The van der Waals surface area contributed by atoms with Crippen molar-refractivity contribution in [2.75, 3.05) is 42.7 Å². The number of aliphatic hydroxyl groups excluding tert-OH is 1. The molecule has 2 aromatic rings. The Morgan fingerprint density at radius 2 is 1.21 bits per heavy atom. The molecule has 2 rings (SSSR count). The minimum atomic E-state index is -0.985. The molecule has 154 valence electrons. The van der Waals surface area contributed by atoms with Crippen LogP contribution in [0.25, 0.3) is 0 Å². The highest BCUT2D eigenvalue weighted by molar-refractivity contribution is 5.54. The lowest BCUT2D eigenvalue weighted by Gasteiger charge is -2.24. The Balaban J connectivity index is 2.66. The van der Waals surface area contributed by atoms with E-state index in [1.807, 2.05) is 13.0 Å². The zero-order valence-electron chi connectivity index (χ0n) is 17.4. The lowest BCUT2D eigenvalue weighted by Crippen LogP contribution is -2.12. The van der Waals surface area contributed by atoms with E-state index in [1.165, 1.54) is 14.2 Å². The van der Waals surface area contributed by atoms with Crippen LogP contribution in [-0.2, 0) is 9.47 Å². The summed E-state index contributed by atoms with van der Waals surface area (Å²) in [6, 6.07) is 7.05. The van der Waals surface area contributed by atoms with Gasteiger partial charge in [-0.2, -0.15) is 0 Å². The van der Waals surface area contributed by atoms with E-state index < -0.39 is 12.4 Å². The Kier molecular flexibility index (Phi) is 7.51. The molecular formula is C21H28O7. The Morgan fingerprint density at radius 3 is 1.68 bits per heavy atom. The summed E-state index contributed by atoms with van der Waals surface area (Å²) in [4.78, 5) is 0. The van der Waals surface area contributed by atoms with Gasteiger partial charge in [0.05, 0.1) is 28.4 Å². The average Bonchev–Trinajstić information content (AvgIpc) is 2.72. The minimum absolute atomic E-state index is 0.489. The van der Waals surface area contributed by atoms with Crippen molar-refractivity contribution in [3.63, 3.8) is 0 Å². The molecule has 1 atom stereocenters. The molecule has 0 aliphatic heterocycles. The quantitative estimate of drug-likeness (QED) is 0.656. The lowest BCUT2D eigenvalue weighted by molar-refractivity contribution is -0.107. The van der Waals surface area contributed by atoms with Crippen LogP contribution in [0, 0.1) is 6.92 Å². The maximum atomic E-state index is 11.2. The molecule has 7 heteroatoms. The number of aliphatic hydroxyl groups is 1. The van der Waals surface area contributed by atoms with Crippen molar-refractivity contribution < 1.29 is 33.5 Å². The number of benzene rings is 2. The molecule has 0 amide bonds. The topological polar surface area (TPSA) is 75.6 Å². The molecule has 0 aliphatic rings. The fraction of sp³-hybridized carbons (Fsp3) is 0.429. The molecule has 7 nitrogen and oxygen atoms in total. The van der Waals surface area contributed by atoms with E-state index in [1.54, 1.807) is 46.6 Å². The van der Waals surface area contributed by atoms with Crippen LogP contribution >= 0.6 is 0 Å². The van der Waals surface area contributed by atoms with Crippen molar-refractivity contribution in [1.29, 1.82) is 0 Å². The zero-order chi connectivity index (χ0) is 20.8. The number of hydrogen-bond donors (Lipinski definition) is 1. The monoisotopic (exact) mass is 392 g/mol. The molecule has 0 radical (unpaired) electrons. The van der Waals surface area contributed by atoms with Crippen LogP contribution in [-0.4, -0.2) is 47.8 Å². The van der Waals surface area contributed by atoms with E-state index in [9.17, 15) is 5.11 Å². The normalized spacial score (nSPS) is 12.0. The second kappa shape index (κ2) is 9.64. The minimum Gasteiger partial charge on any atom is -0.493 e. The highest BCUT2D eigenvalue weighted by Crippen LogP contribution is 2.41. The van der Waals surface area contributed by atoms with Gasteiger partial charge in [0.1, 0.15) is 6.10 Å². The third kappa shape index (κ3) is 4.16. The molecule has 0 saturated carbocycles. The van der Waals surface area contributed by atoms with Crippen molar-refractivity contribution in [1.82, 2.24) is 0 Å². The zero-order valence-corrected chi connectivity index (χ0v) is 17.4. The third-order valence-corrected chi connectivity index (χ3v) is 4.57. The number of hydrogen-bond acceptors (Lipinski definition) is 7. The molecule has 1 unspecified atom stereocenters. The summed E-state index contributed by atoms with van der Waals surface area (Å²) in [5.74, 6) is 2.16. The first-order valence-corrected chi connectivity index (χ1v) is 8.67. The van der Waals surface area contributed by atoms with Gasteiger partial charge in [0, 0.05) is 19.8 Å². The summed E-state index contributed by atoms with van der Waals surface area (Å²) in [6.07, 6.45) is -1.67. The Hall–Kier alpha value is -2.48. The van der Waals surface area contributed by atoms with Crippen molar-refractivity contribution in [3.05, 3.63) is 46.5 Å². The van der Waals surface area contributed by atoms with Crippen LogP contribution in [0.4, 0.5) is 0 Å². The van der Waals surface area contributed by atoms with Gasteiger partial charge in [0.15, 0.2) is 29.3 Å². The van der Waals surface area contributed by atoms with E-state index in [0.29, 0.717) is 39.7 Å².